The molecule has 5 nitrogen and oxygen atoms in total. The lowest BCUT2D eigenvalue weighted by Gasteiger charge is -2.53. The van der Waals surface area contributed by atoms with Crippen molar-refractivity contribution in [1.82, 2.24) is 4.90 Å². The van der Waals surface area contributed by atoms with Crippen molar-refractivity contribution in [1.29, 1.82) is 5.26 Å². The number of ether oxygens (including phenoxy) is 1. The number of aliphatic hydroxyl groups excluding tert-OH is 1. The molecule has 1 aromatic carbocycles. The Morgan fingerprint density at radius 3 is 2.71 bits per heavy atom. The van der Waals surface area contributed by atoms with Gasteiger partial charge in [0.1, 0.15) is 6.04 Å². The molecular formula is C23H28N2O3. The van der Waals surface area contributed by atoms with Gasteiger partial charge >= 0.3 is 0 Å². The second-order valence-electron chi connectivity index (χ2n) is 8.04. The number of aliphatic hydroxyl groups is 1. The summed E-state index contributed by atoms with van der Waals surface area (Å²) in [4.78, 5) is 14.7. The van der Waals surface area contributed by atoms with Crippen LogP contribution in [0, 0.1) is 17.2 Å². The maximum Gasteiger partial charge on any atom is 0.227 e. The first-order valence-corrected chi connectivity index (χ1v) is 10.4. The number of amides is 1. The first-order chi connectivity index (χ1) is 13.8. The van der Waals surface area contributed by atoms with Crippen LogP contribution in [0.15, 0.2) is 30.3 Å². The summed E-state index contributed by atoms with van der Waals surface area (Å²) in [7, 11) is 0. The van der Waals surface area contributed by atoms with Gasteiger partial charge in [-0.05, 0) is 55.2 Å². The van der Waals surface area contributed by atoms with Gasteiger partial charge in [0.2, 0.25) is 5.91 Å². The number of rotatable bonds is 4. The van der Waals surface area contributed by atoms with E-state index in [1.807, 2.05) is 12.1 Å². The zero-order valence-electron chi connectivity index (χ0n) is 16.2. The smallest absolute Gasteiger partial charge is 0.227 e. The van der Waals surface area contributed by atoms with Crippen LogP contribution >= 0.6 is 0 Å². The first kappa shape index (κ1) is 19.2. The fraction of sp³-hybridized carbons (Fsp3) is 0.565. The number of likely N-dealkylation sites (tertiary alicyclic amines) is 1. The average molecular weight is 380 g/mol. The summed E-state index contributed by atoms with van der Waals surface area (Å²) < 4.78 is 5.37. The summed E-state index contributed by atoms with van der Waals surface area (Å²) in [5.74, 6) is -0.242. The van der Waals surface area contributed by atoms with E-state index >= 15 is 0 Å². The molecule has 2 fully saturated rings. The molecule has 3 aliphatic rings. The van der Waals surface area contributed by atoms with Crippen LogP contribution < -0.4 is 0 Å². The topological polar surface area (TPSA) is 73.6 Å². The summed E-state index contributed by atoms with van der Waals surface area (Å²) in [5, 5.41) is 20.0. The Hall–Kier alpha value is -2.16. The standard InChI is InChI=1S/C23H28N2O3/c24-14-20-22(19-9-5-4-8-18(19)16-6-2-1-3-7-16)21(15-26)25(20)23(27)17-10-12-28-13-11-17/h4-6,8-9,17,20-22,26H,1-3,7,10-13,15H2/t20-,21-,22-/m1/s1. The molecule has 3 atom stereocenters. The number of allylic oxidation sites excluding steroid dienone is 2. The van der Waals surface area contributed by atoms with Crippen molar-refractivity contribution in [3.8, 4) is 6.07 Å². The van der Waals surface area contributed by atoms with Crippen LogP contribution in [0.5, 0.6) is 0 Å². The normalized spacial score (nSPS) is 28.2. The second kappa shape index (κ2) is 8.46. The second-order valence-corrected chi connectivity index (χ2v) is 8.04. The van der Waals surface area contributed by atoms with E-state index in [-0.39, 0.29) is 30.4 Å². The van der Waals surface area contributed by atoms with Gasteiger partial charge in [-0.15, -0.1) is 0 Å². The van der Waals surface area contributed by atoms with Crippen LogP contribution in [0.3, 0.4) is 0 Å². The first-order valence-electron chi connectivity index (χ1n) is 10.4. The van der Waals surface area contributed by atoms with E-state index in [1.165, 1.54) is 24.0 Å². The lowest BCUT2D eigenvalue weighted by molar-refractivity contribution is -0.154. The van der Waals surface area contributed by atoms with Crippen LogP contribution in [0.2, 0.25) is 0 Å². The lowest BCUT2D eigenvalue weighted by Crippen LogP contribution is -2.66. The molecular weight excluding hydrogens is 352 g/mol. The molecule has 2 saturated heterocycles. The fourth-order valence-corrected chi connectivity index (χ4v) is 5.00. The highest BCUT2D eigenvalue weighted by Crippen LogP contribution is 2.45. The molecule has 1 N–H and O–H groups in total. The monoisotopic (exact) mass is 380 g/mol. The highest BCUT2D eigenvalue weighted by atomic mass is 16.5. The molecule has 0 aromatic heterocycles. The van der Waals surface area contributed by atoms with Crippen molar-refractivity contribution in [3.63, 3.8) is 0 Å². The Kier molecular flexibility index (Phi) is 5.79. The number of carbonyl (C=O) groups is 1. The number of nitrogens with zero attached hydrogens (tertiary/aromatic N) is 2. The number of nitriles is 1. The minimum Gasteiger partial charge on any atom is -0.394 e. The predicted molar refractivity (Wildman–Crippen MR) is 106 cm³/mol. The van der Waals surface area contributed by atoms with Crippen LogP contribution in [0.4, 0.5) is 0 Å². The van der Waals surface area contributed by atoms with Crippen molar-refractivity contribution in [2.75, 3.05) is 19.8 Å². The highest BCUT2D eigenvalue weighted by Gasteiger charge is 2.53. The molecule has 1 aliphatic carbocycles. The van der Waals surface area contributed by atoms with Crippen molar-refractivity contribution >= 4 is 11.5 Å². The molecule has 0 unspecified atom stereocenters. The van der Waals surface area contributed by atoms with E-state index in [4.69, 9.17) is 4.74 Å². The van der Waals surface area contributed by atoms with E-state index in [0.29, 0.717) is 26.1 Å². The van der Waals surface area contributed by atoms with Crippen LogP contribution in [-0.4, -0.2) is 47.8 Å². The molecule has 5 heteroatoms. The Morgan fingerprint density at radius 1 is 1.25 bits per heavy atom. The van der Waals surface area contributed by atoms with Gasteiger partial charge in [0.05, 0.1) is 18.7 Å². The SMILES string of the molecule is N#C[C@@H]1[C@@H](c2ccccc2C2=CCCCC2)[C@@H](CO)N1C(=O)C1CCOCC1. The molecule has 0 radical (unpaired) electrons. The number of benzene rings is 1. The fourth-order valence-electron chi connectivity index (χ4n) is 5.00. The van der Waals surface area contributed by atoms with Gasteiger partial charge in [0.25, 0.3) is 0 Å². The lowest BCUT2D eigenvalue weighted by atomic mass is 9.72. The predicted octanol–water partition coefficient (Wildman–Crippen LogP) is 3.25. The maximum atomic E-state index is 13.1. The Balaban J connectivity index is 1.63. The quantitative estimate of drug-likeness (QED) is 0.870. The summed E-state index contributed by atoms with van der Waals surface area (Å²) >= 11 is 0. The van der Waals surface area contributed by atoms with E-state index in [2.05, 4.69) is 24.3 Å². The van der Waals surface area contributed by atoms with E-state index in [0.717, 1.165) is 18.4 Å². The van der Waals surface area contributed by atoms with Gasteiger partial charge in [-0.25, -0.2) is 0 Å². The van der Waals surface area contributed by atoms with Crippen LogP contribution in [-0.2, 0) is 9.53 Å². The largest absolute Gasteiger partial charge is 0.394 e. The number of hydrogen-bond acceptors (Lipinski definition) is 4. The van der Waals surface area contributed by atoms with Gasteiger partial charge < -0.3 is 14.7 Å². The number of hydrogen-bond donors (Lipinski definition) is 1. The van der Waals surface area contributed by atoms with Crippen LogP contribution in [0.1, 0.15) is 55.6 Å². The van der Waals surface area contributed by atoms with Crippen molar-refractivity contribution < 1.29 is 14.6 Å². The third kappa shape index (κ3) is 3.36. The van der Waals surface area contributed by atoms with Crippen molar-refractivity contribution in [2.45, 2.75) is 56.5 Å². The van der Waals surface area contributed by atoms with Gasteiger partial charge in [-0.1, -0.05) is 30.3 Å². The highest BCUT2D eigenvalue weighted by molar-refractivity contribution is 5.82. The molecule has 4 rings (SSSR count). The van der Waals surface area contributed by atoms with Gasteiger partial charge in [-0.2, -0.15) is 5.26 Å². The summed E-state index contributed by atoms with van der Waals surface area (Å²) in [6, 6.07) is 9.73. The number of carbonyl (C=O) groups excluding carboxylic acids is 1. The third-order valence-electron chi connectivity index (χ3n) is 6.51. The Labute approximate surface area is 166 Å². The summed E-state index contributed by atoms with van der Waals surface area (Å²) in [5.41, 5.74) is 3.62. The summed E-state index contributed by atoms with van der Waals surface area (Å²) in [6.07, 6.45) is 8.25. The minimum absolute atomic E-state index is 0.000451. The molecule has 2 aliphatic heterocycles. The average Bonchev–Trinajstić information content (AvgIpc) is 2.75. The Bertz CT molecular complexity index is 791. The molecule has 2 heterocycles. The molecule has 28 heavy (non-hydrogen) atoms. The van der Waals surface area contributed by atoms with E-state index in [1.54, 1.807) is 4.90 Å². The Morgan fingerprint density at radius 2 is 2.04 bits per heavy atom. The van der Waals surface area contributed by atoms with E-state index in [9.17, 15) is 15.2 Å². The molecule has 0 saturated carbocycles. The van der Waals surface area contributed by atoms with Gasteiger partial charge in [0.15, 0.2) is 0 Å². The van der Waals surface area contributed by atoms with Crippen molar-refractivity contribution in [3.05, 3.63) is 41.5 Å². The maximum absolute atomic E-state index is 13.1. The molecule has 0 bridgehead atoms. The van der Waals surface area contributed by atoms with Crippen LogP contribution in [0.25, 0.3) is 5.57 Å². The third-order valence-corrected chi connectivity index (χ3v) is 6.51. The minimum atomic E-state index is -0.516. The summed E-state index contributed by atoms with van der Waals surface area (Å²) in [6.45, 7) is 1.06. The van der Waals surface area contributed by atoms with Crippen molar-refractivity contribution in [2.24, 2.45) is 5.92 Å². The molecule has 148 valence electrons. The van der Waals surface area contributed by atoms with Gasteiger partial charge in [-0.3, -0.25) is 4.79 Å². The zero-order valence-corrected chi connectivity index (χ0v) is 16.2. The molecule has 1 amide bonds. The molecule has 1 aromatic rings. The molecule has 0 spiro atoms. The zero-order chi connectivity index (χ0) is 19.5. The van der Waals surface area contributed by atoms with Gasteiger partial charge in [0, 0.05) is 25.0 Å². The van der Waals surface area contributed by atoms with E-state index < -0.39 is 6.04 Å².